The number of hydrogen-bond acceptors (Lipinski definition) is 6. The molecule has 1 atom stereocenters. The maximum absolute atomic E-state index is 12.6. The zero-order valence-electron chi connectivity index (χ0n) is 15.6. The van der Waals surface area contributed by atoms with Crippen molar-refractivity contribution in [3.05, 3.63) is 73.5 Å². The second kappa shape index (κ2) is 9.96. The molecule has 0 saturated carbocycles. The molecular formula is C21H19BrN2O3S2. The van der Waals surface area contributed by atoms with Gasteiger partial charge in [-0.3, -0.25) is 9.56 Å². The molecule has 5 nitrogen and oxygen atoms in total. The van der Waals surface area contributed by atoms with Crippen molar-refractivity contribution in [3.63, 3.8) is 0 Å². The number of esters is 1. The number of carbonyl (C=O) groups excluding carboxylic acids is 1. The first-order chi connectivity index (χ1) is 14.0. The Balaban J connectivity index is 1.94. The summed E-state index contributed by atoms with van der Waals surface area (Å²) in [7, 11) is 0. The molecule has 3 aromatic rings. The molecule has 0 aliphatic rings. The largest absolute Gasteiger partial charge is 0.493 e. The lowest BCUT2D eigenvalue weighted by atomic mass is 10.1. The number of hydrogen-bond donors (Lipinski definition) is 1. The summed E-state index contributed by atoms with van der Waals surface area (Å²) >= 11 is 10.0. The first kappa shape index (κ1) is 21.4. The van der Waals surface area contributed by atoms with Gasteiger partial charge in [0.05, 0.1) is 18.5 Å². The molecule has 0 bridgehead atoms. The number of aromatic nitrogens is 1. The van der Waals surface area contributed by atoms with Crippen molar-refractivity contribution < 1.29 is 14.6 Å². The quantitative estimate of drug-likeness (QED) is 0.256. The van der Waals surface area contributed by atoms with Crippen molar-refractivity contribution >= 4 is 57.4 Å². The van der Waals surface area contributed by atoms with Gasteiger partial charge in [0.25, 0.3) is 0 Å². The predicted octanol–water partition coefficient (Wildman–Crippen LogP) is 5.84. The molecule has 0 aliphatic carbocycles. The lowest BCUT2D eigenvalue weighted by molar-refractivity contribution is -0.147. The average Bonchev–Trinajstić information content (AvgIpc) is 3.00. The van der Waals surface area contributed by atoms with E-state index in [2.05, 4.69) is 20.9 Å². The van der Waals surface area contributed by atoms with E-state index >= 15 is 0 Å². The van der Waals surface area contributed by atoms with E-state index in [4.69, 9.17) is 17.0 Å². The third-order valence-electron chi connectivity index (χ3n) is 4.14. The Morgan fingerprint density at radius 2 is 1.97 bits per heavy atom. The SMILES string of the molecule is CCOC(=O)[C@H](Cc1ccccc1)n1c(O)c(C=Nc2ccc(Br)cc2)sc1=S. The Labute approximate surface area is 186 Å². The fraction of sp³-hybridized carbons (Fsp3) is 0.190. The summed E-state index contributed by atoms with van der Waals surface area (Å²) in [6, 6.07) is 16.3. The van der Waals surface area contributed by atoms with Crippen LogP contribution in [0.2, 0.25) is 0 Å². The van der Waals surface area contributed by atoms with Crippen molar-refractivity contribution in [2.75, 3.05) is 6.61 Å². The third kappa shape index (κ3) is 5.41. The monoisotopic (exact) mass is 490 g/mol. The number of halogens is 1. The summed E-state index contributed by atoms with van der Waals surface area (Å²) in [4.78, 5) is 17.5. The highest BCUT2D eigenvalue weighted by molar-refractivity contribution is 9.10. The molecule has 0 spiro atoms. The first-order valence-corrected chi connectivity index (χ1v) is 11.0. The van der Waals surface area contributed by atoms with Crippen LogP contribution in [0.25, 0.3) is 0 Å². The van der Waals surface area contributed by atoms with Gasteiger partial charge in [0.15, 0.2) is 3.95 Å². The van der Waals surface area contributed by atoms with Crippen LogP contribution in [-0.4, -0.2) is 28.5 Å². The highest BCUT2D eigenvalue weighted by Crippen LogP contribution is 2.31. The Hall–Kier alpha value is -2.29. The molecule has 0 radical (unpaired) electrons. The molecule has 29 heavy (non-hydrogen) atoms. The minimum absolute atomic E-state index is 0.0881. The minimum Gasteiger partial charge on any atom is -0.493 e. The summed E-state index contributed by atoms with van der Waals surface area (Å²) in [5.74, 6) is -0.521. The molecule has 2 aromatic carbocycles. The summed E-state index contributed by atoms with van der Waals surface area (Å²) in [5, 5.41) is 10.8. The van der Waals surface area contributed by atoms with Gasteiger partial charge in [0.2, 0.25) is 5.88 Å². The van der Waals surface area contributed by atoms with Gasteiger partial charge >= 0.3 is 5.97 Å². The van der Waals surface area contributed by atoms with Crippen LogP contribution in [0, 0.1) is 3.95 Å². The highest BCUT2D eigenvalue weighted by atomic mass is 79.9. The van der Waals surface area contributed by atoms with Crippen LogP contribution >= 0.6 is 39.5 Å². The number of aromatic hydroxyl groups is 1. The molecule has 8 heteroatoms. The molecular weight excluding hydrogens is 472 g/mol. The second-order valence-electron chi connectivity index (χ2n) is 6.12. The van der Waals surface area contributed by atoms with Crippen LogP contribution in [0.3, 0.4) is 0 Å². The van der Waals surface area contributed by atoms with Crippen molar-refractivity contribution in [2.24, 2.45) is 4.99 Å². The van der Waals surface area contributed by atoms with Crippen LogP contribution in [-0.2, 0) is 16.0 Å². The van der Waals surface area contributed by atoms with Gasteiger partial charge in [-0.25, -0.2) is 4.79 Å². The third-order valence-corrected chi connectivity index (χ3v) is 6.00. The molecule has 1 aromatic heterocycles. The normalized spacial score (nSPS) is 12.2. The van der Waals surface area contributed by atoms with Crippen LogP contribution in [0.5, 0.6) is 5.88 Å². The Morgan fingerprint density at radius 1 is 1.28 bits per heavy atom. The zero-order valence-corrected chi connectivity index (χ0v) is 18.8. The van der Waals surface area contributed by atoms with E-state index in [1.807, 2.05) is 54.6 Å². The number of benzene rings is 2. The van der Waals surface area contributed by atoms with Crippen molar-refractivity contribution in [1.29, 1.82) is 0 Å². The Kier molecular flexibility index (Phi) is 7.35. The first-order valence-electron chi connectivity index (χ1n) is 8.94. The van der Waals surface area contributed by atoms with Gasteiger partial charge in [-0.05, 0) is 49.0 Å². The maximum atomic E-state index is 12.6. The van der Waals surface area contributed by atoms with Crippen LogP contribution in [0.4, 0.5) is 5.69 Å². The van der Waals surface area contributed by atoms with E-state index in [1.54, 1.807) is 13.1 Å². The van der Waals surface area contributed by atoms with Crippen molar-refractivity contribution in [1.82, 2.24) is 4.57 Å². The number of aliphatic imine (C=N–C) groups is 1. The van der Waals surface area contributed by atoms with Crippen LogP contribution in [0.1, 0.15) is 23.4 Å². The standard InChI is InChI=1S/C21H19BrN2O3S2/c1-2-27-20(26)17(12-14-6-4-3-5-7-14)24-19(25)18(29-21(24)28)13-23-16-10-8-15(22)9-11-16/h3-11,13,17,25H,2,12H2,1H3/t17-/m0/s1. The van der Waals surface area contributed by atoms with E-state index in [0.717, 1.165) is 15.7 Å². The lowest BCUT2D eigenvalue weighted by Gasteiger charge is -2.18. The summed E-state index contributed by atoms with van der Waals surface area (Å²) < 4.78 is 8.03. The van der Waals surface area contributed by atoms with Gasteiger partial charge in [-0.15, -0.1) is 0 Å². The minimum atomic E-state index is -0.754. The average molecular weight is 491 g/mol. The number of carbonyl (C=O) groups is 1. The Morgan fingerprint density at radius 3 is 2.62 bits per heavy atom. The van der Waals surface area contributed by atoms with E-state index in [1.165, 1.54) is 15.9 Å². The van der Waals surface area contributed by atoms with Crippen LogP contribution in [0.15, 0.2) is 64.1 Å². The molecule has 1 N–H and O–H groups in total. The molecule has 150 valence electrons. The summed E-state index contributed by atoms with van der Waals surface area (Å²) in [6.45, 7) is 2.00. The van der Waals surface area contributed by atoms with Gasteiger partial charge in [-0.2, -0.15) is 0 Å². The summed E-state index contributed by atoms with van der Waals surface area (Å²) in [5.41, 5.74) is 1.69. The van der Waals surface area contributed by atoms with Crippen LogP contribution < -0.4 is 0 Å². The maximum Gasteiger partial charge on any atom is 0.329 e. The molecule has 3 rings (SSSR count). The Bertz CT molecular complexity index is 1060. The summed E-state index contributed by atoms with van der Waals surface area (Å²) in [6.07, 6.45) is 1.92. The number of nitrogens with zero attached hydrogens (tertiary/aromatic N) is 2. The zero-order chi connectivity index (χ0) is 20.8. The second-order valence-corrected chi connectivity index (χ2v) is 8.71. The topological polar surface area (TPSA) is 63.8 Å². The predicted molar refractivity (Wildman–Crippen MR) is 122 cm³/mol. The van der Waals surface area contributed by atoms with E-state index in [9.17, 15) is 9.90 Å². The van der Waals surface area contributed by atoms with Gasteiger partial charge in [0, 0.05) is 10.9 Å². The molecule has 0 saturated heterocycles. The molecule has 0 amide bonds. The number of rotatable bonds is 7. The molecule has 1 heterocycles. The highest BCUT2D eigenvalue weighted by Gasteiger charge is 2.27. The van der Waals surface area contributed by atoms with Gasteiger partial charge in [0.1, 0.15) is 10.9 Å². The lowest BCUT2D eigenvalue weighted by Crippen LogP contribution is -2.24. The number of thiazole rings is 1. The molecule has 0 fully saturated rings. The van der Waals surface area contributed by atoms with Gasteiger partial charge < -0.3 is 9.84 Å². The van der Waals surface area contributed by atoms with E-state index in [-0.39, 0.29) is 12.5 Å². The smallest absolute Gasteiger partial charge is 0.329 e. The molecule has 0 unspecified atom stereocenters. The fourth-order valence-corrected chi connectivity index (χ4v) is 4.31. The van der Waals surface area contributed by atoms with E-state index in [0.29, 0.717) is 15.3 Å². The van der Waals surface area contributed by atoms with Gasteiger partial charge in [-0.1, -0.05) is 57.6 Å². The number of ether oxygens (including phenoxy) is 1. The van der Waals surface area contributed by atoms with Crippen molar-refractivity contribution in [3.8, 4) is 5.88 Å². The van der Waals surface area contributed by atoms with Crippen molar-refractivity contribution in [2.45, 2.75) is 19.4 Å². The molecule has 0 aliphatic heterocycles. The van der Waals surface area contributed by atoms with E-state index < -0.39 is 12.0 Å². The fourth-order valence-electron chi connectivity index (χ4n) is 2.77.